The van der Waals surface area contributed by atoms with Crippen LogP contribution in [0.4, 0.5) is 5.69 Å². The molecule has 0 aliphatic carbocycles. The Morgan fingerprint density at radius 1 is 1.09 bits per heavy atom. The SMILES string of the molecule is O=C(CCCSCc1ccccc1)Nc1ccc2sccc2c1. The third kappa shape index (κ3) is 4.85. The topological polar surface area (TPSA) is 29.1 Å². The lowest BCUT2D eigenvalue weighted by Gasteiger charge is -2.06. The molecule has 0 unspecified atom stereocenters. The average molecular weight is 342 g/mol. The summed E-state index contributed by atoms with van der Waals surface area (Å²) in [6.07, 6.45) is 1.48. The van der Waals surface area contributed by atoms with Crippen LogP contribution in [0.1, 0.15) is 18.4 Å². The number of fused-ring (bicyclic) bond motifs is 1. The molecule has 2 nitrogen and oxygen atoms in total. The number of thioether (sulfide) groups is 1. The van der Waals surface area contributed by atoms with E-state index in [1.807, 2.05) is 30.0 Å². The molecule has 0 saturated heterocycles. The highest BCUT2D eigenvalue weighted by Gasteiger charge is 2.04. The predicted molar refractivity (Wildman–Crippen MR) is 102 cm³/mol. The van der Waals surface area contributed by atoms with E-state index in [2.05, 4.69) is 47.1 Å². The highest BCUT2D eigenvalue weighted by molar-refractivity contribution is 7.98. The third-order valence-electron chi connectivity index (χ3n) is 3.54. The Morgan fingerprint density at radius 2 is 1.96 bits per heavy atom. The zero-order valence-corrected chi connectivity index (χ0v) is 14.5. The molecule has 3 rings (SSSR count). The van der Waals surface area contributed by atoms with Crippen molar-refractivity contribution in [1.82, 2.24) is 0 Å². The van der Waals surface area contributed by atoms with Gasteiger partial charge in [-0.3, -0.25) is 4.79 Å². The van der Waals surface area contributed by atoms with Crippen LogP contribution in [0.3, 0.4) is 0 Å². The molecule has 0 aliphatic heterocycles. The minimum atomic E-state index is 0.0971. The number of amides is 1. The molecule has 4 heteroatoms. The van der Waals surface area contributed by atoms with Crippen molar-refractivity contribution in [3.8, 4) is 0 Å². The minimum Gasteiger partial charge on any atom is -0.326 e. The van der Waals surface area contributed by atoms with Crippen molar-refractivity contribution in [1.29, 1.82) is 0 Å². The molecule has 0 spiro atoms. The maximum atomic E-state index is 12.0. The van der Waals surface area contributed by atoms with Gasteiger partial charge in [0.25, 0.3) is 0 Å². The lowest BCUT2D eigenvalue weighted by molar-refractivity contribution is -0.116. The fourth-order valence-electron chi connectivity index (χ4n) is 2.37. The number of benzene rings is 2. The molecule has 118 valence electrons. The van der Waals surface area contributed by atoms with Crippen LogP contribution in [0.2, 0.25) is 0 Å². The van der Waals surface area contributed by atoms with Crippen molar-refractivity contribution < 1.29 is 4.79 Å². The summed E-state index contributed by atoms with van der Waals surface area (Å²) < 4.78 is 1.25. The van der Waals surface area contributed by atoms with Crippen molar-refractivity contribution in [3.05, 3.63) is 65.5 Å². The number of nitrogens with one attached hydrogen (secondary N) is 1. The quantitative estimate of drug-likeness (QED) is 0.571. The van der Waals surface area contributed by atoms with Gasteiger partial charge in [-0.1, -0.05) is 30.3 Å². The van der Waals surface area contributed by atoms with Crippen LogP contribution in [0, 0.1) is 0 Å². The number of hydrogen-bond donors (Lipinski definition) is 1. The monoisotopic (exact) mass is 341 g/mol. The second kappa shape index (κ2) is 8.18. The van der Waals surface area contributed by atoms with Crippen LogP contribution in [-0.2, 0) is 10.5 Å². The summed E-state index contributed by atoms with van der Waals surface area (Å²) in [7, 11) is 0. The predicted octanol–water partition coefficient (Wildman–Crippen LogP) is 5.55. The van der Waals surface area contributed by atoms with E-state index in [9.17, 15) is 4.79 Å². The Hall–Kier alpha value is -1.78. The first kappa shape index (κ1) is 16.1. The molecule has 0 bridgehead atoms. The summed E-state index contributed by atoms with van der Waals surface area (Å²) in [4.78, 5) is 12.0. The van der Waals surface area contributed by atoms with E-state index in [0.29, 0.717) is 6.42 Å². The van der Waals surface area contributed by atoms with Gasteiger partial charge >= 0.3 is 0 Å². The fourth-order valence-corrected chi connectivity index (χ4v) is 4.06. The summed E-state index contributed by atoms with van der Waals surface area (Å²) in [6.45, 7) is 0. The maximum Gasteiger partial charge on any atom is 0.224 e. The van der Waals surface area contributed by atoms with E-state index in [4.69, 9.17) is 0 Å². The number of carbonyl (C=O) groups is 1. The van der Waals surface area contributed by atoms with Crippen molar-refractivity contribution in [2.45, 2.75) is 18.6 Å². The smallest absolute Gasteiger partial charge is 0.224 e. The molecule has 0 aliphatic rings. The molecule has 2 aromatic carbocycles. The lowest BCUT2D eigenvalue weighted by Crippen LogP contribution is -2.11. The summed E-state index contributed by atoms with van der Waals surface area (Å²) in [6, 6.07) is 18.6. The van der Waals surface area contributed by atoms with Gasteiger partial charge in [-0.05, 0) is 52.8 Å². The van der Waals surface area contributed by atoms with E-state index in [1.165, 1.54) is 15.6 Å². The molecule has 1 heterocycles. The van der Waals surface area contributed by atoms with Gasteiger partial charge in [0.1, 0.15) is 0 Å². The third-order valence-corrected chi connectivity index (χ3v) is 5.55. The van der Waals surface area contributed by atoms with Crippen LogP contribution in [0.15, 0.2) is 60.0 Å². The van der Waals surface area contributed by atoms with Gasteiger partial charge in [-0.15, -0.1) is 11.3 Å². The molecular formula is C19H19NOS2. The molecule has 0 radical (unpaired) electrons. The molecule has 23 heavy (non-hydrogen) atoms. The molecule has 3 aromatic rings. The Balaban J connectivity index is 1.37. The van der Waals surface area contributed by atoms with Crippen molar-refractivity contribution in [3.63, 3.8) is 0 Å². The lowest BCUT2D eigenvalue weighted by atomic mass is 10.2. The van der Waals surface area contributed by atoms with E-state index < -0.39 is 0 Å². The van der Waals surface area contributed by atoms with Gasteiger partial charge in [0.15, 0.2) is 0 Å². The molecular weight excluding hydrogens is 322 g/mol. The second-order valence-corrected chi connectivity index (χ2v) is 7.42. The first-order valence-corrected chi connectivity index (χ1v) is 9.73. The average Bonchev–Trinajstić information content (AvgIpc) is 3.03. The van der Waals surface area contributed by atoms with Crippen LogP contribution in [0.25, 0.3) is 10.1 Å². The number of rotatable bonds is 7. The largest absolute Gasteiger partial charge is 0.326 e. The number of thiophene rings is 1. The van der Waals surface area contributed by atoms with Gasteiger partial charge in [0.2, 0.25) is 5.91 Å². The van der Waals surface area contributed by atoms with Gasteiger partial charge in [-0.25, -0.2) is 0 Å². The molecule has 0 atom stereocenters. The summed E-state index contributed by atoms with van der Waals surface area (Å²) in [5.74, 6) is 2.11. The highest BCUT2D eigenvalue weighted by atomic mass is 32.2. The van der Waals surface area contributed by atoms with Crippen molar-refractivity contribution >= 4 is 44.8 Å². The van der Waals surface area contributed by atoms with Gasteiger partial charge in [0, 0.05) is 22.6 Å². The summed E-state index contributed by atoms with van der Waals surface area (Å²) in [5, 5.41) is 6.24. The van der Waals surface area contributed by atoms with Crippen molar-refractivity contribution in [2.75, 3.05) is 11.1 Å². The molecule has 0 fully saturated rings. The van der Waals surface area contributed by atoms with Crippen LogP contribution in [0.5, 0.6) is 0 Å². The minimum absolute atomic E-state index is 0.0971. The normalized spacial score (nSPS) is 10.8. The van der Waals surface area contributed by atoms with Gasteiger partial charge < -0.3 is 5.32 Å². The first-order valence-electron chi connectivity index (χ1n) is 7.70. The van der Waals surface area contributed by atoms with E-state index in [-0.39, 0.29) is 5.91 Å². The van der Waals surface area contributed by atoms with Crippen LogP contribution in [-0.4, -0.2) is 11.7 Å². The summed E-state index contributed by atoms with van der Waals surface area (Å²) in [5.41, 5.74) is 2.23. The molecule has 0 saturated carbocycles. The van der Waals surface area contributed by atoms with E-state index in [0.717, 1.165) is 23.6 Å². The number of hydrogen-bond acceptors (Lipinski definition) is 3. The van der Waals surface area contributed by atoms with Gasteiger partial charge in [0.05, 0.1) is 0 Å². The van der Waals surface area contributed by atoms with Crippen LogP contribution < -0.4 is 5.32 Å². The Bertz CT molecular complexity index is 767. The molecule has 1 N–H and O–H groups in total. The van der Waals surface area contributed by atoms with Crippen molar-refractivity contribution in [2.24, 2.45) is 0 Å². The first-order chi connectivity index (χ1) is 11.3. The summed E-state index contributed by atoms with van der Waals surface area (Å²) >= 11 is 3.60. The maximum absolute atomic E-state index is 12.0. The van der Waals surface area contributed by atoms with Crippen LogP contribution >= 0.6 is 23.1 Å². The Labute approximate surface area is 144 Å². The molecule has 1 aromatic heterocycles. The number of anilines is 1. The highest BCUT2D eigenvalue weighted by Crippen LogP contribution is 2.24. The zero-order chi connectivity index (χ0) is 15.9. The fraction of sp³-hybridized carbons (Fsp3) is 0.211. The molecule has 1 amide bonds. The Kier molecular flexibility index (Phi) is 5.72. The zero-order valence-electron chi connectivity index (χ0n) is 12.8. The van der Waals surface area contributed by atoms with E-state index >= 15 is 0 Å². The van der Waals surface area contributed by atoms with E-state index in [1.54, 1.807) is 11.3 Å². The Morgan fingerprint density at radius 3 is 2.83 bits per heavy atom. The van der Waals surface area contributed by atoms with Gasteiger partial charge in [-0.2, -0.15) is 11.8 Å². The standard InChI is InChI=1S/C19H19NOS2/c21-19(7-4-11-22-14-15-5-2-1-3-6-15)20-17-8-9-18-16(13-17)10-12-23-18/h1-3,5-6,8-10,12-13H,4,7,11,14H2,(H,20,21). The number of carbonyl (C=O) groups excluding carboxylic acids is 1. The second-order valence-electron chi connectivity index (χ2n) is 5.36.